The first kappa shape index (κ1) is 16.9. The molecule has 0 aliphatic heterocycles. The summed E-state index contributed by atoms with van der Waals surface area (Å²) < 4.78 is 26.7. The van der Waals surface area contributed by atoms with Crippen LogP contribution in [-0.2, 0) is 11.2 Å². The molecule has 0 spiro atoms. The first-order chi connectivity index (χ1) is 10.9. The van der Waals surface area contributed by atoms with Crippen LogP contribution in [0.25, 0.3) is 0 Å². The van der Waals surface area contributed by atoms with E-state index in [9.17, 15) is 23.5 Å². The summed E-state index contributed by atoms with van der Waals surface area (Å²) in [5.41, 5.74) is 0.0345. The van der Waals surface area contributed by atoms with Gasteiger partial charge in [-0.2, -0.15) is 0 Å². The summed E-state index contributed by atoms with van der Waals surface area (Å²) >= 11 is 5.82. The molecule has 2 aromatic rings. The van der Waals surface area contributed by atoms with Gasteiger partial charge in [0.25, 0.3) is 5.91 Å². The van der Waals surface area contributed by atoms with Crippen molar-refractivity contribution >= 4 is 23.5 Å². The Bertz CT molecular complexity index is 752. The zero-order valence-electron chi connectivity index (χ0n) is 11.7. The van der Waals surface area contributed by atoms with Crippen LogP contribution in [0.1, 0.15) is 15.9 Å². The Hall–Kier alpha value is -2.47. The maximum atomic E-state index is 13.6. The molecule has 0 fully saturated rings. The highest BCUT2D eigenvalue weighted by Crippen LogP contribution is 2.14. The van der Waals surface area contributed by atoms with Gasteiger partial charge in [-0.1, -0.05) is 29.8 Å². The van der Waals surface area contributed by atoms with Crippen LogP contribution in [0.2, 0.25) is 5.02 Å². The number of rotatable bonds is 5. The minimum absolute atomic E-state index is 0.0431. The molecule has 0 aliphatic carbocycles. The van der Waals surface area contributed by atoms with E-state index in [-0.39, 0.29) is 6.42 Å². The van der Waals surface area contributed by atoms with Crippen molar-refractivity contribution in [1.82, 2.24) is 5.32 Å². The molecule has 4 nitrogen and oxygen atoms in total. The van der Waals surface area contributed by atoms with Gasteiger partial charge < -0.3 is 10.4 Å². The molecule has 1 atom stereocenters. The molecule has 2 rings (SSSR count). The van der Waals surface area contributed by atoms with Crippen molar-refractivity contribution in [3.8, 4) is 0 Å². The van der Waals surface area contributed by atoms with Gasteiger partial charge in [0.05, 0.1) is 5.56 Å². The normalized spacial score (nSPS) is 11.8. The standard InChI is InChI=1S/C16H12ClF2NO3/c17-10-4-1-3-9(7-10)8-13(16(22)23)20-15(21)11-5-2-6-12(18)14(11)19/h1-7,13H,8H2,(H,20,21)(H,22,23)/t13-/m0/s1. The molecule has 120 valence electrons. The molecular weight excluding hydrogens is 328 g/mol. The van der Waals surface area contributed by atoms with Crippen LogP contribution in [0, 0.1) is 11.6 Å². The second-order valence-electron chi connectivity index (χ2n) is 4.80. The van der Waals surface area contributed by atoms with E-state index in [0.717, 1.165) is 12.1 Å². The molecule has 2 aromatic carbocycles. The number of aliphatic carboxylic acids is 1. The van der Waals surface area contributed by atoms with Gasteiger partial charge in [-0.3, -0.25) is 4.79 Å². The van der Waals surface area contributed by atoms with Crippen molar-refractivity contribution < 1.29 is 23.5 Å². The van der Waals surface area contributed by atoms with Gasteiger partial charge in [0, 0.05) is 11.4 Å². The van der Waals surface area contributed by atoms with Crippen LogP contribution in [0.4, 0.5) is 8.78 Å². The molecule has 0 aliphatic rings. The number of hydrogen-bond donors (Lipinski definition) is 2. The Kier molecular flexibility index (Phi) is 5.28. The third-order valence-electron chi connectivity index (χ3n) is 3.13. The van der Waals surface area contributed by atoms with Gasteiger partial charge in [-0.05, 0) is 29.8 Å². The minimum atomic E-state index is -1.32. The third-order valence-corrected chi connectivity index (χ3v) is 3.36. The van der Waals surface area contributed by atoms with Crippen LogP contribution in [0.3, 0.4) is 0 Å². The monoisotopic (exact) mass is 339 g/mol. The van der Waals surface area contributed by atoms with Crippen LogP contribution < -0.4 is 5.32 Å². The van der Waals surface area contributed by atoms with E-state index in [1.54, 1.807) is 24.3 Å². The Morgan fingerprint density at radius 3 is 2.52 bits per heavy atom. The van der Waals surface area contributed by atoms with E-state index in [0.29, 0.717) is 10.6 Å². The van der Waals surface area contributed by atoms with Crippen molar-refractivity contribution in [2.24, 2.45) is 0 Å². The fraction of sp³-hybridized carbons (Fsp3) is 0.125. The summed E-state index contributed by atoms with van der Waals surface area (Å²) in [5.74, 6) is -4.80. The molecule has 1 amide bonds. The van der Waals surface area contributed by atoms with E-state index in [1.165, 1.54) is 6.07 Å². The quantitative estimate of drug-likeness (QED) is 0.880. The summed E-state index contributed by atoms with van der Waals surface area (Å²) in [6.07, 6.45) is -0.0431. The van der Waals surface area contributed by atoms with Crippen molar-refractivity contribution in [2.45, 2.75) is 12.5 Å². The Balaban J connectivity index is 2.18. The summed E-state index contributed by atoms with van der Waals surface area (Å²) in [5, 5.41) is 11.8. The van der Waals surface area contributed by atoms with Gasteiger partial charge in [-0.25, -0.2) is 13.6 Å². The highest BCUT2D eigenvalue weighted by atomic mass is 35.5. The molecule has 0 saturated heterocycles. The number of carbonyl (C=O) groups excluding carboxylic acids is 1. The number of carboxylic acids is 1. The molecule has 0 bridgehead atoms. The second kappa shape index (κ2) is 7.19. The lowest BCUT2D eigenvalue weighted by molar-refractivity contribution is -0.139. The fourth-order valence-corrected chi connectivity index (χ4v) is 2.23. The number of carboxylic acid groups (broad SMARTS) is 1. The number of nitrogens with one attached hydrogen (secondary N) is 1. The minimum Gasteiger partial charge on any atom is -0.480 e. The first-order valence-electron chi connectivity index (χ1n) is 6.60. The van der Waals surface area contributed by atoms with Gasteiger partial charge >= 0.3 is 5.97 Å². The Labute approximate surface area is 135 Å². The Morgan fingerprint density at radius 1 is 1.17 bits per heavy atom. The number of amides is 1. The average Bonchev–Trinajstić information content (AvgIpc) is 2.49. The van der Waals surface area contributed by atoms with Gasteiger partial charge in [0.2, 0.25) is 0 Å². The summed E-state index contributed by atoms with van der Waals surface area (Å²) in [7, 11) is 0. The Morgan fingerprint density at radius 2 is 1.87 bits per heavy atom. The van der Waals surface area contributed by atoms with Crippen LogP contribution in [0.5, 0.6) is 0 Å². The van der Waals surface area contributed by atoms with Crippen molar-refractivity contribution in [2.75, 3.05) is 0 Å². The number of halogens is 3. The largest absolute Gasteiger partial charge is 0.480 e. The number of carbonyl (C=O) groups is 2. The number of benzene rings is 2. The lowest BCUT2D eigenvalue weighted by atomic mass is 10.1. The molecule has 0 saturated carbocycles. The van der Waals surface area contributed by atoms with Crippen LogP contribution >= 0.6 is 11.6 Å². The van der Waals surface area contributed by atoms with Gasteiger partial charge in [0.1, 0.15) is 6.04 Å². The SMILES string of the molecule is O=C(N[C@@H](Cc1cccc(Cl)c1)C(=O)O)c1cccc(F)c1F. The molecule has 0 radical (unpaired) electrons. The van der Waals surface area contributed by atoms with Crippen LogP contribution in [0.15, 0.2) is 42.5 Å². The predicted octanol–water partition coefficient (Wildman–Crippen LogP) is 3.04. The zero-order chi connectivity index (χ0) is 17.0. The van der Waals surface area contributed by atoms with E-state index in [1.807, 2.05) is 0 Å². The molecule has 7 heteroatoms. The smallest absolute Gasteiger partial charge is 0.326 e. The zero-order valence-corrected chi connectivity index (χ0v) is 12.5. The second-order valence-corrected chi connectivity index (χ2v) is 5.24. The topological polar surface area (TPSA) is 66.4 Å². The first-order valence-corrected chi connectivity index (χ1v) is 6.98. The molecule has 0 aromatic heterocycles. The highest BCUT2D eigenvalue weighted by molar-refractivity contribution is 6.30. The van der Waals surface area contributed by atoms with Crippen molar-refractivity contribution in [3.63, 3.8) is 0 Å². The lowest BCUT2D eigenvalue weighted by Crippen LogP contribution is -2.42. The summed E-state index contributed by atoms with van der Waals surface area (Å²) in [6.45, 7) is 0. The molecule has 0 heterocycles. The maximum absolute atomic E-state index is 13.6. The van der Waals surface area contributed by atoms with Crippen molar-refractivity contribution in [3.05, 3.63) is 70.2 Å². The predicted molar refractivity (Wildman–Crippen MR) is 80.4 cm³/mol. The van der Waals surface area contributed by atoms with Crippen LogP contribution in [-0.4, -0.2) is 23.0 Å². The number of hydrogen-bond acceptors (Lipinski definition) is 2. The lowest BCUT2D eigenvalue weighted by Gasteiger charge is -2.15. The highest BCUT2D eigenvalue weighted by Gasteiger charge is 2.23. The van der Waals surface area contributed by atoms with E-state index >= 15 is 0 Å². The fourth-order valence-electron chi connectivity index (χ4n) is 2.01. The van der Waals surface area contributed by atoms with E-state index < -0.39 is 35.1 Å². The molecule has 2 N–H and O–H groups in total. The summed E-state index contributed by atoms with van der Waals surface area (Å²) in [6, 6.07) is 8.29. The maximum Gasteiger partial charge on any atom is 0.326 e. The third kappa shape index (κ3) is 4.26. The molecular formula is C16H12ClF2NO3. The van der Waals surface area contributed by atoms with E-state index in [4.69, 9.17) is 11.6 Å². The van der Waals surface area contributed by atoms with Gasteiger partial charge in [-0.15, -0.1) is 0 Å². The molecule has 23 heavy (non-hydrogen) atoms. The van der Waals surface area contributed by atoms with Gasteiger partial charge in [0.15, 0.2) is 11.6 Å². The molecule has 0 unspecified atom stereocenters. The average molecular weight is 340 g/mol. The van der Waals surface area contributed by atoms with Crippen molar-refractivity contribution in [1.29, 1.82) is 0 Å². The summed E-state index contributed by atoms with van der Waals surface area (Å²) in [4.78, 5) is 23.3. The van der Waals surface area contributed by atoms with E-state index in [2.05, 4.69) is 5.32 Å².